The van der Waals surface area contributed by atoms with Crippen LogP contribution in [-0.2, 0) is 0 Å². The molecule has 1 heterocycles. The van der Waals surface area contributed by atoms with E-state index in [4.69, 9.17) is 11.6 Å². The molecule has 2 nitrogen and oxygen atoms in total. The summed E-state index contributed by atoms with van der Waals surface area (Å²) in [6.45, 7) is 2.21. The van der Waals surface area contributed by atoms with Crippen LogP contribution in [0.15, 0.2) is 16.7 Å². The van der Waals surface area contributed by atoms with E-state index in [1.54, 1.807) is 6.20 Å². The highest BCUT2D eigenvalue weighted by Crippen LogP contribution is 2.35. The third kappa shape index (κ3) is 3.36. The van der Waals surface area contributed by atoms with Crippen LogP contribution in [0.4, 0.5) is 5.82 Å². The maximum Gasteiger partial charge on any atom is 0.140 e. The van der Waals surface area contributed by atoms with Crippen molar-refractivity contribution in [2.45, 2.75) is 38.6 Å². The second-order valence-electron chi connectivity index (χ2n) is 4.41. The molecular weight excluding hydrogens is 288 g/mol. The molecule has 1 aromatic rings. The van der Waals surface area contributed by atoms with Gasteiger partial charge in [0.15, 0.2) is 0 Å². The lowest BCUT2D eigenvalue weighted by molar-refractivity contribution is 0.585. The summed E-state index contributed by atoms with van der Waals surface area (Å²) in [6.07, 6.45) is 6.86. The van der Waals surface area contributed by atoms with E-state index in [9.17, 15) is 0 Å². The highest BCUT2D eigenvalue weighted by atomic mass is 79.9. The molecule has 0 aliphatic heterocycles. The summed E-state index contributed by atoms with van der Waals surface area (Å²) in [7, 11) is 0. The van der Waals surface area contributed by atoms with Gasteiger partial charge >= 0.3 is 0 Å². The number of pyridine rings is 1. The van der Waals surface area contributed by atoms with Crippen LogP contribution in [-0.4, -0.2) is 11.0 Å². The Kier molecular flexibility index (Phi) is 4.09. The number of rotatable bonds is 5. The van der Waals surface area contributed by atoms with Crippen molar-refractivity contribution in [2.24, 2.45) is 5.92 Å². The van der Waals surface area contributed by atoms with Crippen LogP contribution < -0.4 is 5.32 Å². The van der Waals surface area contributed by atoms with Crippen LogP contribution in [0, 0.1) is 5.92 Å². The molecule has 1 unspecified atom stereocenters. The van der Waals surface area contributed by atoms with E-state index in [0.29, 0.717) is 11.1 Å². The highest BCUT2D eigenvalue weighted by molar-refractivity contribution is 9.10. The summed E-state index contributed by atoms with van der Waals surface area (Å²) in [5.41, 5.74) is 0. The normalized spacial score (nSPS) is 17.2. The number of hydrogen-bond donors (Lipinski definition) is 1. The Labute approximate surface area is 110 Å². The predicted molar refractivity (Wildman–Crippen MR) is 72.0 cm³/mol. The zero-order valence-electron chi connectivity index (χ0n) is 9.34. The van der Waals surface area contributed by atoms with Crippen molar-refractivity contribution in [2.75, 3.05) is 5.32 Å². The minimum atomic E-state index is 0.525. The number of halogens is 2. The van der Waals surface area contributed by atoms with Crippen LogP contribution in [0.1, 0.15) is 32.6 Å². The highest BCUT2D eigenvalue weighted by Gasteiger charge is 2.25. The zero-order chi connectivity index (χ0) is 11.5. The molecule has 0 amide bonds. The Bertz CT molecular complexity index is 366. The van der Waals surface area contributed by atoms with Gasteiger partial charge in [0.05, 0.1) is 9.50 Å². The molecule has 4 heteroatoms. The van der Waals surface area contributed by atoms with Crippen LogP contribution in [0.5, 0.6) is 0 Å². The lowest BCUT2D eigenvalue weighted by Gasteiger charge is -2.18. The Hall–Kier alpha value is -0.280. The molecule has 88 valence electrons. The molecule has 16 heavy (non-hydrogen) atoms. The Morgan fingerprint density at radius 3 is 2.94 bits per heavy atom. The first kappa shape index (κ1) is 12.2. The Morgan fingerprint density at radius 1 is 1.62 bits per heavy atom. The third-order valence-corrected chi connectivity index (χ3v) is 3.77. The molecule has 2 rings (SSSR count). The smallest absolute Gasteiger partial charge is 0.140 e. The van der Waals surface area contributed by atoms with Crippen molar-refractivity contribution in [1.82, 2.24) is 4.98 Å². The van der Waals surface area contributed by atoms with Crippen molar-refractivity contribution < 1.29 is 0 Å². The van der Waals surface area contributed by atoms with Crippen LogP contribution in [0.3, 0.4) is 0 Å². The summed E-state index contributed by atoms with van der Waals surface area (Å²) in [6, 6.07) is 2.40. The van der Waals surface area contributed by atoms with E-state index in [1.807, 2.05) is 6.07 Å². The van der Waals surface area contributed by atoms with E-state index >= 15 is 0 Å². The van der Waals surface area contributed by atoms with Gasteiger partial charge in [0.1, 0.15) is 5.82 Å². The van der Waals surface area contributed by atoms with Crippen LogP contribution in [0.25, 0.3) is 0 Å². The molecule has 0 bridgehead atoms. The van der Waals surface area contributed by atoms with Gasteiger partial charge in [0, 0.05) is 12.2 Å². The topological polar surface area (TPSA) is 24.9 Å². The molecular formula is C12H16BrClN2. The van der Waals surface area contributed by atoms with E-state index in [2.05, 4.69) is 33.2 Å². The fraction of sp³-hybridized carbons (Fsp3) is 0.583. The second-order valence-corrected chi connectivity index (χ2v) is 5.70. The predicted octanol–water partition coefficient (Wildman–Crippen LogP) is 4.49. The fourth-order valence-electron chi connectivity index (χ4n) is 1.80. The zero-order valence-corrected chi connectivity index (χ0v) is 11.7. The van der Waals surface area contributed by atoms with Crippen molar-refractivity contribution in [3.8, 4) is 0 Å². The number of anilines is 1. The molecule has 0 spiro atoms. The first-order valence-corrected chi connectivity index (χ1v) is 6.93. The van der Waals surface area contributed by atoms with Gasteiger partial charge in [0.25, 0.3) is 0 Å². The molecule has 0 radical (unpaired) electrons. The van der Waals surface area contributed by atoms with Gasteiger partial charge in [-0.2, -0.15) is 0 Å². The van der Waals surface area contributed by atoms with Gasteiger partial charge in [0.2, 0.25) is 0 Å². The molecule has 1 aliphatic carbocycles. The molecule has 1 atom stereocenters. The standard InChI is InChI=1S/C12H16BrClN2/c1-2-10(5-8-3-4-8)16-12-11(13)6-9(14)7-15-12/h6-8,10H,2-5H2,1H3,(H,15,16). The minimum absolute atomic E-state index is 0.525. The second kappa shape index (κ2) is 5.37. The lowest BCUT2D eigenvalue weighted by atomic mass is 10.1. The fourth-order valence-corrected chi connectivity index (χ4v) is 2.55. The third-order valence-electron chi connectivity index (χ3n) is 2.96. The van der Waals surface area contributed by atoms with E-state index in [-0.39, 0.29) is 0 Å². The van der Waals surface area contributed by atoms with Crippen molar-refractivity contribution in [3.05, 3.63) is 21.8 Å². The van der Waals surface area contributed by atoms with Crippen molar-refractivity contribution in [1.29, 1.82) is 0 Å². The van der Waals surface area contributed by atoms with Gasteiger partial charge in [-0.15, -0.1) is 0 Å². The average Bonchev–Trinajstić information content (AvgIpc) is 3.04. The SMILES string of the molecule is CCC(CC1CC1)Nc1ncc(Cl)cc1Br. The van der Waals surface area contributed by atoms with Crippen molar-refractivity contribution >= 4 is 33.3 Å². The Morgan fingerprint density at radius 2 is 2.38 bits per heavy atom. The van der Waals surface area contributed by atoms with Crippen LogP contribution in [0.2, 0.25) is 5.02 Å². The van der Waals surface area contributed by atoms with E-state index in [1.165, 1.54) is 19.3 Å². The maximum atomic E-state index is 5.86. The van der Waals surface area contributed by atoms with Crippen molar-refractivity contribution in [3.63, 3.8) is 0 Å². The minimum Gasteiger partial charge on any atom is -0.366 e. The largest absolute Gasteiger partial charge is 0.366 e. The van der Waals surface area contributed by atoms with Crippen LogP contribution >= 0.6 is 27.5 Å². The quantitative estimate of drug-likeness (QED) is 0.867. The van der Waals surface area contributed by atoms with Gasteiger partial charge in [-0.05, 0) is 40.8 Å². The molecule has 1 saturated carbocycles. The summed E-state index contributed by atoms with van der Waals surface area (Å²) >= 11 is 9.34. The molecule has 1 aliphatic rings. The monoisotopic (exact) mass is 302 g/mol. The summed E-state index contributed by atoms with van der Waals surface area (Å²) in [5.74, 6) is 1.83. The average molecular weight is 304 g/mol. The number of nitrogens with one attached hydrogen (secondary N) is 1. The maximum absolute atomic E-state index is 5.86. The summed E-state index contributed by atoms with van der Waals surface area (Å²) in [5, 5.41) is 4.14. The number of nitrogens with zero attached hydrogens (tertiary/aromatic N) is 1. The Balaban J connectivity index is 1.99. The molecule has 1 aromatic heterocycles. The van der Waals surface area contributed by atoms with Gasteiger partial charge < -0.3 is 5.32 Å². The first-order chi connectivity index (χ1) is 7.69. The van der Waals surface area contributed by atoms with Gasteiger partial charge in [-0.1, -0.05) is 31.4 Å². The van der Waals surface area contributed by atoms with E-state index < -0.39 is 0 Å². The molecule has 0 saturated heterocycles. The lowest BCUT2D eigenvalue weighted by Crippen LogP contribution is -2.20. The number of aromatic nitrogens is 1. The van der Waals surface area contributed by atoms with E-state index in [0.717, 1.165) is 22.6 Å². The summed E-state index contributed by atoms with van der Waals surface area (Å²) < 4.78 is 0.939. The number of hydrogen-bond acceptors (Lipinski definition) is 2. The molecule has 1 N–H and O–H groups in total. The van der Waals surface area contributed by atoms with Gasteiger partial charge in [-0.3, -0.25) is 0 Å². The first-order valence-electron chi connectivity index (χ1n) is 5.76. The van der Waals surface area contributed by atoms with Gasteiger partial charge in [-0.25, -0.2) is 4.98 Å². The summed E-state index contributed by atoms with van der Waals surface area (Å²) in [4.78, 5) is 4.30. The molecule has 1 fully saturated rings. The molecule has 0 aromatic carbocycles.